The zero-order valence-corrected chi connectivity index (χ0v) is 15.8. The summed E-state index contributed by atoms with van der Waals surface area (Å²) in [5.41, 5.74) is 0.592. The Labute approximate surface area is 154 Å². The van der Waals surface area contributed by atoms with Crippen LogP contribution in [0.25, 0.3) is 0 Å². The Kier molecular flexibility index (Phi) is 5.81. The molecule has 1 saturated heterocycles. The summed E-state index contributed by atoms with van der Waals surface area (Å²) in [4.78, 5) is 19.2. The molecule has 26 heavy (non-hydrogen) atoms. The van der Waals surface area contributed by atoms with Gasteiger partial charge < -0.3 is 18.9 Å². The van der Waals surface area contributed by atoms with Crippen LogP contribution in [-0.2, 0) is 13.0 Å². The Morgan fingerprint density at radius 2 is 2.00 bits per heavy atom. The van der Waals surface area contributed by atoms with Crippen molar-refractivity contribution in [3.63, 3.8) is 0 Å². The lowest BCUT2D eigenvalue weighted by Gasteiger charge is -2.32. The molecule has 0 radical (unpaired) electrons. The van der Waals surface area contributed by atoms with Crippen molar-refractivity contribution >= 4 is 5.91 Å². The molecule has 0 aliphatic carbocycles. The number of amides is 1. The number of hydrogen-bond donors (Lipinski definition) is 0. The zero-order chi connectivity index (χ0) is 18.5. The average molecular weight is 357 g/mol. The first-order valence-corrected chi connectivity index (χ1v) is 9.17. The highest BCUT2D eigenvalue weighted by atomic mass is 16.5. The van der Waals surface area contributed by atoms with Gasteiger partial charge in [0.15, 0.2) is 0 Å². The van der Waals surface area contributed by atoms with Crippen molar-refractivity contribution in [2.24, 2.45) is 5.92 Å². The predicted octanol–water partition coefficient (Wildman–Crippen LogP) is 3.02. The van der Waals surface area contributed by atoms with Crippen LogP contribution in [-0.4, -0.2) is 47.7 Å². The molecule has 0 atom stereocenters. The first kappa shape index (κ1) is 18.3. The van der Waals surface area contributed by atoms with E-state index in [1.807, 2.05) is 11.1 Å². The fraction of sp³-hybridized carbons (Fsp3) is 0.500. The second-order valence-corrected chi connectivity index (χ2v) is 6.65. The normalized spacial score (nSPS) is 15.1. The fourth-order valence-corrected chi connectivity index (χ4v) is 3.56. The molecule has 1 fully saturated rings. The van der Waals surface area contributed by atoms with Crippen LogP contribution in [0.5, 0.6) is 11.5 Å². The second kappa shape index (κ2) is 8.25. The number of rotatable bonds is 6. The van der Waals surface area contributed by atoms with Crippen molar-refractivity contribution in [1.82, 2.24) is 14.5 Å². The van der Waals surface area contributed by atoms with Gasteiger partial charge in [-0.25, -0.2) is 4.98 Å². The summed E-state index contributed by atoms with van der Waals surface area (Å²) in [6.45, 7) is 4.66. The van der Waals surface area contributed by atoms with Crippen LogP contribution in [0.15, 0.2) is 30.6 Å². The Balaban J connectivity index is 1.62. The quantitative estimate of drug-likeness (QED) is 0.797. The molecule has 6 nitrogen and oxygen atoms in total. The Morgan fingerprint density at radius 1 is 1.23 bits per heavy atom. The molecule has 2 aromatic rings. The molecule has 0 unspecified atom stereocenters. The van der Waals surface area contributed by atoms with E-state index in [2.05, 4.69) is 22.7 Å². The number of aryl methyl sites for hydroxylation is 1. The van der Waals surface area contributed by atoms with E-state index in [0.29, 0.717) is 23.0 Å². The summed E-state index contributed by atoms with van der Waals surface area (Å²) in [5.74, 6) is 2.98. The number of carbonyl (C=O) groups is 1. The third-order valence-corrected chi connectivity index (χ3v) is 5.11. The summed E-state index contributed by atoms with van der Waals surface area (Å²) >= 11 is 0. The van der Waals surface area contributed by atoms with Crippen LogP contribution in [0.3, 0.4) is 0 Å². The monoisotopic (exact) mass is 357 g/mol. The summed E-state index contributed by atoms with van der Waals surface area (Å²) < 4.78 is 12.8. The molecule has 2 heterocycles. The molecule has 1 aromatic heterocycles. The third kappa shape index (κ3) is 3.84. The Hall–Kier alpha value is -2.50. The van der Waals surface area contributed by atoms with Gasteiger partial charge in [0, 0.05) is 44.5 Å². The molecule has 1 aromatic carbocycles. The van der Waals surface area contributed by atoms with Gasteiger partial charge >= 0.3 is 0 Å². The maximum Gasteiger partial charge on any atom is 0.257 e. The number of carbonyl (C=O) groups excluding carboxylic acids is 1. The Bertz CT molecular complexity index is 749. The summed E-state index contributed by atoms with van der Waals surface area (Å²) in [7, 11) is 3.18. The van der Waals surface area contributed by atoms with Gasteiger partial charge in [-0.2, -0.15) is 0 Å². The molecule has 0 spiro atoms. The predicted molar refractivity (Wildman–Crippen MR) is 99.8 cm³/mol. The van der Waals surface area contributed by atoms with Crippen LogP contribution in [0.2, 0.25) is 0 Å². The number of aromatic nitrogens is 2. The van der Waals surface area contributed by atoms with E-state index < -0.39 is 0 Å². The maximum atomic E-state index is 12.9. The zero-order valence-electron chi connectivity index (χ0n) is 15.8. The van der Waals surface area contributed by atoms with E-state index in [0.717, 1.165) is 44.7 Å². The largest absolute Gasteiger partial charge is 0.497 e. The standard InChI is InChI=1S/C20H27N3O3/c1-4-19-21-9-12-23(19)14-15-7-10-22(11-8-15)20(24)17-6-5-16(25-2)13-18(17)26-3/h5-6,9,12-13,15H,4,7-8,10-11,14H2,1-3H3. The summed E-state index contributed by atoms with van der Waals surface area (Å²) in [6.07, 6.45) is 6.88. The number of ether oxygens (including phenoxy) is 2. The molecular weight excluding hydrogens is 330 g/mol. The lowest BCUT2D eigenvalue weighted by atomic mass is 9.96. The van der Waals surface area contributed by atoms with Gasteiger partial charge in [-0.3, -0.25) is 4.79 Å². The molecule has 1 aliphatic heterocycles. The Morgan fingerprint density at radius 3 is 2.65 bits per heavy atom. The second-order valence-electron chi connectivity index (χ2n) is 6.65. The van der Waals surface area contributed by atoms with Crippen molar-refractivity contribution in [2.45, 2.75) is 32.7 Å². The number of hydrogen-bond acceptors (Lipinski definition) is 4. The summed E-state index contributed by atoms with van der Waals surface area (Å²) in [5, 5.41) is 0. The van der Waals surface area contributed by atoms with Crippen molar-refractivity contribution in [1.29, 1.82) is 0 Å². The molecule has 1 aliphatic rings. The van der Waals surface area contributed by atoms with Gasteiger partial charge in [-0.1, -0.05) is 6.92 Å². The lowest BCUT2D eigenvalue weighted by molar-refractivity contribution is 0.0679. The SMILES string of the molecule is CCc1nccn1CC1CCN(C(=O)c2ccc(OC)cc2OC)CC1. The first-order chi connectivity index (χ1) is 12.7. The van der Waals surface area contributed by atoms with Crippen molar-refractivity contribution in [3.05, 3.63) is 42.0 Å². The third-order valence-electron chi connectivity index (χ3n) is 5.11. The molecule has 140 valence electrons. The van der Waals surface area contributed by atoms with E-state index in [1.165, 1.54) is 0 Å². The lowest BCUT2D eigenvalue weighted by Crippen LogP contribution is -2.39. The smallest absolute Gasteiger partial charge is 0.257 e. The van der Waals surface area contributed by atoms with E-state index in [9.17, 15) is 4.79 Å². The minimum atomic E-state index is 0.0276. The van der Waals surface area contributed by atoms with Gasteiger partial charge in [0.2, 0.25) is 0 Å². The summed E-state index contributed by atoms with van der Waals surface area (Å²) in [6, 6.07) is 5.34. The topological polar surface area (TPSA) is 56.6 Å². The highest BCUT2D eigenvalue weighted by molar-refractivity contribution is 5.97. The molecule has 0 bridgehead atoms. The van der Waals surface area contributed by atoms with Crippen LogP contribution >= 0.6 is 0 Å². The van der Waals surface area contributed by atoms with Crippen molar-refractivity contribution in [2.75, 3.05) is 27.3 Å². The molecule has 0 N–H and O–H groups in total. The molecular formula is C20H27N3O3. The molecule has 0 saturated carbocycles. The number of imidazole rings is 1. The number of piperidine rings is 1. The van der Waals surface area contributed by atoms with Gasteiger partial charge in [-0.05, 0) is 30.9 Å². The minimum Gasteiger partial charge on any atom is -0.497 e. The van der Waals surface area contributed by atoms with E-state index in [1.54, 1.807) is 32.4 Å². The average Bonchev–Trinajstić information content (AvgIpc) is 3.14. The maximum absolute atomic E-state index is 12.9. The van der Waals surface area contributed by atoms with Gasteiger partial charge in [0.25, 0.3) is 5.91 Å². The number of methoxy groups -OCH3 is 2. The van der Waals surface area contributed by atoms with E-state index >= 15 is 0 Å². The van der Waals surface area contributed by atoms with Gasteiger partial charge in [-0.15, -0.1) is 0 Å². The highest BCUT2D eigenvalue weighted by Gasteiger charge is 2.26. The van der Waals surface area contributed by atoms with Crippen molar-refractivity contribution in [3.8, 4) is 11.5 Å². The van der Waals surface area contributed by atoms with E-state index in [4.69, 9.17) is 9.47 Å². The van der Waals surface area contributed by atoms with Crippen LogP contribution in [0.4, 0.5) is 0 Å². The number of nitrogens with zero attached hydrogens (tertiary/aromatic N) is 3. The van der Waals surface area contributed by atoms with Crippen molar-refractivity contribution < 1.29 is 14.3 Å². The molecule has 6 heteroatoms. The number of benzene rings is 1. The van der Waals surface area contributed by atoms with E-state index in [-0.39, 0.29) is 5.91 Å². The first-order valence-electron chi connectivity index (χ1n) is 9.17. The van der Waals surface area contributed by atoms with Crippen LogP contribution < -0.4 is 9.47 Å². The fourth-order valence-electron chi connectivity index (χ4n) is 3.56. The van der Waals surface area contributed by atoms with Crippen LogP contribution in [0.1, 0.15) is 35.9 Å². The minimum absolute atomic E-state index is 0.0276. The molecule has 3 rings (SSSR count). The highest BCUT2D eigenvalue weighted by Crippen LogP contribution is 2.28. The van der Waals surface area contributed by atoms with Crippen LogP contribution in [0, 0.1) is 5.92 Å². The number of likely N-dealkylation sites (tertiary alicyclic amines) is 1. The van der Waals surface area contributed by atoms with Gasteiger partial charge in [0.05, 0.1) is 19.8 Å². The van der Waals surface area contributed by atoms with Gasteiger partial charge in [0.1, 0.15) is 17.3 Å². The molecule has 1 amide bonds.